The van der Waals surface area contributed by atoms with Crippen molar-refractivity contribution in [1.82, 2.24) is 10.2 Å². The minimum atomic E-state index is -0.255. The third-order valence-electron chi connectivity index (χ3n) is 5.82. The molecule has 4 rings (SSSR count). The van der Waals surface area contributed by atoms with Crippen molar-refractivity contribution in [1.29, 1.82) is 0 Å². The number of likely N-dealkylation sites (tertiary alicyclic amines) is 1. The molecule has 1 unspecified atom stereocenters. The number of nitrogens with one attached hydrogen (secondary N) is 1. The molecule has 2 amide bonds. The van der Waals surface area contributed by atoms with Crippen LogP contribution in [0.2, 0.25) is 5.02 Å². The molecule has 1 aromatic carbocycles. The van der Waals surface area contributed by atoms with Crippen LogP contribution in [0, 0.1) is 11.8 Å². The number of halogens is 2. The van der Waals surface area contributed by atoms with Crippen LogP contribution in [0.25, 0.3) is 0 Å². The smallest absolute Gasteiger partial charge is 0.228 e. The summed E-state index contributed by atoms with van der Waals surface area (Å²) in [7, 11) is 0. The average molecular weight is 412 g/mol. The van der Waals surface area contributed by atoms with E-state index in [0.29, 0.717) is 23.3 Å². The number of amides is 2. The molecule has 7 heteroatoms. The van der Waals surface area contributed by atoms with Crippen LogP contribution in [0.3, 0.4) is 0 Å². The normalized spacial score (nSPS) is 23.4. The van der Waals surface area contributed by atoms with E-state index in [1.165, 1.54) is 12.8 Å². The third-order valence-corrected chi connectivity index (χ3v) is 6.14. The van der Waals surface area contributed by atoms with Crippen molar-refractivity contribution in [3.8, 4) is 0 Å². The number of para-hydroxylation sites is 1. The first-order valence-electron chi connectivity index (χ1n) is 9.69. The Morgan fingerprint density at radius 3 is 2.52 bits per heavy atom. The fourth-order valence-electron chi connectivity index (χ4n) is 3.99. The highest BCUT2D eigenvalue weighted by atomic mass is 35.5. The zero-order valence-electron chi connectivity index (χ0n) is 15.4. The van der Waals surface area contributed by atoms with E-state index < -0.39 is 0 Å². The summed E-state index contributed by atoms with van der Waals surface area (Å²) in [5, 5.41) is 4.19. The number of rotatable bonds is 5. The van der Waals surface area contributed by atoms with Gasteiger partial charge < -0.3 is 15.1 Å². The zero-order chi connectivity index (χ0) is 18.1. The number of carbonyl (C=O) groups is 2. The lowest BCUT2D eigenvalue weighted by molar-refractivity contribution is -0.136. The van der Waals surface area contributed by atoms with Crippen molar-refractivity contribution in [2.45, 2.75) is 38.1 Å². The molecule has 3 fully saturated rings. The molecule has 2 aliphatic heterocycles. The zero-order valence-corrected chi connectivity index (χ0v) is 17.0. The summed E-state index contributed by atoms with van der Waals surface area (Å²) in [6.07, 6.45) is 5.02. The van der Waals surface area contributed by atoms with E-state index in [1.54, 1.807) is 11.0 Å². The summed E-state index contributed by atoms with van der Waals surface area (Å²) >= 11 is 6.22. The van der Waals surface area contributed by atoms with Gasteiger partial charge in [0.25, 0.3) is 0 Å². The van der Waals surface area contributed by atoms with Gasteiger partial charge in [-0.3, -0.25) is 9.59 Å². The Balaban J connectivity index is 0.00000210. The van der Waals surface area contributed by atoms with Crippen molar-refractivity contribution in [2.24, 2.45) is 11.8 Å². The molecule has 27 heavy (non-hydrogen) atoms. The van der Waals surface area contributed by atoms with Gasteiger partial charge in [0, 0.05) is 32.1 Å². The molecule has 1 saturated carbocycles. The number of carbonyl (C=O) groups excluding carboxylic acids is 2. The molecule has 5 nitrogen and oxygen atoms in total. The fraction of sp³-hybridized carbons (Fsp3) is 0.600. The predicted octanol–water partition coefficient (Wildman–Crippen LogP) is 3.11. The molecule has 1 aliphatic carbocycles. The maximum atomic E-state index is 12.9. The molecule has 1 N–H and O–H groups in total. The average Bonchev–Trinajstić information content (AvgIpc) is 3.41. The van der Waals surface area contributed by atoms with E-state index in [4.69, 9.17) is 11.6 Å². The molecule has 3 aliphatic rings. The van der Waals surface area contributed by atoms with Gasteiger partial charge in [0.1, 0.15) is 0 Å². The van der Waals surface area contributed by atoms with Gasteiger partial charge in [0.05, 0.1) is 16.6 Å². The minimum absolute atomic E-state index is 0. The van der Waals surface area contributed by atoms with Crippen LogP contribution >= 0.6 is 24.0 Å². The summed E-state index contributed by atoms with van der Waals surface area (Å²) in [5.41, 5.74) is 0.706. The number of nitrogens with zero attached hydrogens (tertiary/aromatic N) is 2. The van der Waals surface area contributed by atoms with E-state index in [-0.39, 0.29) is 36.6 Å². The Morgan fingerprint density at radius 2 is 1.85 bits per heavy atom. The molecular formula is C20H27Cl2N3O2. The molecule has 0 radical (unpaired) electrons. The van der Waals surface area contributed by atoms with Crippen LogP contribution in [0.5, 0.6) is 0 Å². The van der Waals surface area contributed by atoms with E-state index in [0.717, 1.165) is 38.4 Å². The lowest BCUT2D eigenvalue weighted by Gasteiger charge is -2.34. The van der Waals surface area contributed by atoms with Crippen LogP contribution < -0.4 is 10.2 Å². The topological polar surface area (TPSA) is 52.7 Å². The summed E-state index contributed by atoms with van der Waals surface area (Å²) in [6.45, 7) is 3.14. The van der Waals surface area contributed by atoms with Crippen molar-refractivity contribution in [2.75, 3.05) is 31.1 Å². The predicted molar refractivity (Wildman–Crippen MR) is 109 cm³/mol. The van der Waals surface area contributed by atoms with Gasteiger partial charge in [-0.05, 0) is 50.3 Å². The number of hydrogen-bond acceptors (Lipinski definition) is 3. The molecule has 1 aromatic rings. The highest BCUT2D eigenvalue weighted by Gasteiger charge is 2.38. The van der Waals surface area contributed by atoms with Crippen molar-refractivity contribution >= 4 is 41.5 Å². The summed E-state index contributed by atoms with van der Waals surface area (Å²) in [5.74, 6) is 0.732. The van der Waals surface area contributed by atoms with Gasteiger partial charge in [0.2, 0.25) is 11.8 Å². The van der Waals surface area contributed by atoms with Crippen LogP contribution in [0.4, 0.5) is 5.69 Å². The molecule has 148 valence electrons. The second kappa shape index (κ2) is 8.80. The maximum absolute atomic E-state index is 12.9. The molecular weight excluding hydrogens is 385 g/mol. The number of benzene rings is 1. The highest BCUT2D eigenvalue weighted by molar-refractivity contribution is 6.33. The molecule has 1 atom stereocenters. The number of anilines is 1. The van der Waals surface area contributed by atoms with Crippen molar-refractivity contribution in [3.63, 3.8) is 0 Å². The monoisotopic (exact) mass is 411 g/mol. The molecule has 2 saturated heterocycles. The fourth-order valence-corrected chi connectivity index (χ4v) is 4.23. The Labute approximate surface area is 171 Å². The van der Waals surface area contributed by atoms with Crippen LogP contribution in [0.15, 0.2) is 24.3 Å². The molecule has 0 aromatic heterocycles. The summed E-state index contributed by atoms with van der Waals surface area (Å²) < 4.78 is 0. The second-order valence-corrected chi connectivity index (χ2v) is 8.22. The van der Waals surface area contributed by atoms with Crippen molar-refractivity contribution < 1.29 is 9.59 Å². The SMILES string of the molecule is Cl.O=C(C1CC(=O)N(c2ccccc2Cl)C1)N1CCC(NCC2CC2)CC1. The minimum Gasteiger partial charge on any atom is -0.342 e. The van der Waals surface area contributed by atoms with Crippen LogP contribution in [-0.2, 0) is 9.59 Å². The van der Waals surface area contributed by atoms with Crippen molar-refractivity contribution in [3.05, 3.63) is 29.3 Å². The quantitative estimate of drug-likeness (QED) is 0.809. The first-order chi connectivity index (χ1) is 12.6. The number of hydrogen-bond donors (Lipinski definition) is 1. The van der Waals surface area contributed by atoms with E-state index in [2.05, 4.69) is 5.32 Å². The van der Waals surface area contributed by atoms with Gasteiger partial charge in [-0.2, -0.15) is 0 Å². The van der Waals surface area contributed by atoms with Crippen LogP contribution in [-0.4, -0.2) is 48.9 Å². The Bertz CT molecular complexity index is 688. The molecule has 2 heterocycles. The third kappa shape index (κ3) is 4.76. The Morgan fingerprint density at radius 1 is 1.15 bits per heavy atom. The lowest BCUT2D eigenvalue weighted by Crippen LogP contribution is -2.47. The van der Waals surface area contributed by atoms with Gasteiger partial charge in [-0.15, -0.1) is 12.4 Å². The van der Waals surface area contributed by atoms with Gasteiger partial charge in [-0.1, -0.05) is 23.7 Å². The van der Waals surface area contributed by atoms with E-state index in [1.807, 2.05) is 23.1 Å². The van der Waals surface area contributed by atoms with Gasteiger partial charge in [0.15, 0.2) is 0 Å². The summed E-state index contributed by atoms with van der Waals surface area (Å²) in [4.78, 5) is 28.9. The standard InChI is InChI=1S/C20H26ClN3O2.ClH/c21-17-3-1-2-4-18(17)24-13-15(11-19(24)25)20(26)23-9-7-16(8-10-23)22-12-14-5-6-14;/h1-4,14-16,22H,5-13H2;1H. The largest absolute Gasteiger partial charge is 0.342 e. The first kappa shape index (κ1) is 20.4. The first-order valence-corrected chi connectivity index (χ1v) is 10.1. The Hall–Kier alpha value is -1.30. The summed E-state index contributed by atoms with van der Waals surface area (Å²) in [6, 6.07) is 7.85. The molecule has 0 spiro atoms. The van der Waals surface area contributed by atoms with Crippen LogP contribution in [0.1, 0.15) is 32.1 Å². The molecule has 0 bridgehead atoms. The highest BCUT2D eigenvalue weighted by Crippen LogP contribution is 2.32. The maximum Gasteiger partial charge on any atom is 0.228 e. The lowest BCUT2D eigenvalue weighted by atomic mass is 10.0. The second-order valence-electron chi connectivity index (χ2n) is 7.81. The van der Waals surface area contributed by atoms with E-state index in [9.17, 15) is 9.59 Å². The van der Waals surface area contributed by atoms with E-state index >= 15 is 0 Å². The van der Waals surface area contributed by atoms with Gasteiger partial charge in [-0.25, -0.2) is 0 Å². The van der Waals surface area contributed by atoms with Gasteiger partial charge >= 0.3 is 0 Å². The number of piperidine rings is 1. The Kier molecular flexibility index (Phi) is 6.66.